The van der Waals surface area contributed by atoms with E-state index < -0.39 is 0 Å². The quantitative estimate of drug-likeness (QED) is 0.684. The summed E-state index contributed by atoms with van der Waals surface area (Å²) in [5.41, 5.74) is 0.670. The van der Waals surface area contributed by atoms with Gasteiger partial charge in [0.05, 0.1) is 25.0 Å². The number of nitrogens with zero attached hydrogens (tertiary/aromatic N) is 2. The van der Waals surface area contributed by atoms with Gasteiger partial charge in [-0.05, 0) is 37.4 Å². The molecular weight excluding hydrogens is 353 g/mol. The molecule has 24 heavy (non-hydrogen) atoms. The normalized spacial score (nSPS) is 16.5. The van der Waals surface area contributed by atoms with Crippen molar-refractivity contribution >= 4 is 48.1 Å². The minimum Gasteiger partial charge on any atom is -0.353 e. The molecule has 0 aromatic carbocycles. The topological polar surface area (TPSA) is 86.4 Å². The summed E-state index contributed by atoms with van der Waals surface area (Å²) in [6.45, 7) is 2.94. The smallest absolute Gasteiger partial charge is 0.239 e. The lowest BCUT2D eigenvalue weighted by Gasteiger charge is -2.27. The van der Waals surface area contributed by atoms with Crippen molar-refractivity contribution in [2.45, 2.75) is 12.8 Å². The molecule has 1 aromatic heterocycles. The third-order valence-electron chi connectivity index (χ3n) is 3.81. The molecule has 1 saturated carbocycles. The molecule has 2 fully saturated rings. The van der Waals surface area contributed by atoms with Crippen molar-refractivity contribution in [3.63, 3.8) is 0 Å². The van der Waals surface area contributed by atoms with Gasteiger partial charge in [0.2, 0.25) is 11.8 Å². The molecule has 2 aliphatic rings. The minimum absolute atomic E-state index is 0. The van der Waals surface area contributed by atoms with Crippen LogP contribution in [-0.4, -0.2) is 49.5 Å². The Labute approximate surface area is 153 Å². The summed E-state index contributed by atoms with van der Waals surface area (Å²) in [4.78, 5) is 29.4. The molecule has 1 aliphatic heterocycles. The van der Waals surface area contributed by atoms with E-state index in [2.05, 4.69) is 20.9 Å². The number of aromatic nitrogens is 1. The number of hydrogen-bond donors (Lipinski definition) is 3. The molecule has 1 aliphatic carbocycles. The Bertz CT molecular complexity index is 551. The van der Waals surface area contributed by atoms with E-state index >= 15 is 0 Å². The molecule has 7 nitrogen and oxygen atoms in total. The lowest BCUT2D eigenvalue weighted by Crippen LogP contribution is -2.48. The van der Waals surface area contributed by atoms with Crippen LogP contribution in [0, 0.1) is 5.92 Å². The van der Waals surface area contributed by atoms with Crippen molar-refractivity contribution in [3.8, 4) is 0 Å². The van der Waals surface area contributed by atoms with E-state index in [1.54, 1.807) is 6.20 Å². The van der Waals surface area contributed by atoms with Crippen molar-refractivity contribution in [3.05, 3.63) is 18.3 Å². The number of carbonyl (C=O) groups is 2. The van der Waals surface area contributed by atoms with Crippen LogP contribution in [0.5, 0.6) is 0 Å². The molecule has 0 unspecified atom stereocenters. The molecule has 134 valence electrons. The molecule has 3 N–H and O–H groups in total. The Kier molecular flexibility index (Phi) is 8.24. The van der Waals surface area contributed by atoms with Crippen LogP contribution < -0.4 is 20.9 Å². The number of amides is 2. The molecule has 0 radical (unpaired) electrons. The van der Waals surface area contributed by atoms with Crippen LogP contribution in [0.2, 0.25) is 0 Å². The molecule has 1 aromatic rings. The number of pyridine rings is 1. The number of carbonyl (C=O) groups excluding carboxylic acids is 2. The summed E-state index contributed by atoms with van der Waals surface area (Å²) in [6.07, 6.45) is 4.17. The van der Waals surface area contributed by atoms with Crippen molar-refractivity contribution < 1.29 is 9.59 Å². The fraction of sp³-hybridized carbons (Fsp3) is 0.533. The van der Waals surface area contributed by atoms with Crippen LogP contribution in [0.15, 0.2) is 18.3 Å². The largest absolute Gasteiger partial charge is 0.353 e. The maximum absolute atomic E-state index is 11.8. The summed E-state index contributed by atoms with van der Waals surface area (Å²) < 4.78 is 0. The van der Waals surface area contributed by atoms with Gasteiger partial charge in [-0.3, -0.25) is 9.59 Å². The number of piperazine rings is 1. The van der Waals surface area contributed by atoms with Crippen LogP contribution in [0.4, 0.5) is 11.5 Å². The van der Waals surface area contributed by atoms with Crippen LogP contribution in [-0.2, 0) is 9.59 Å². The average molecular weight is 376 g/mol. The molecule has 0 bridgehead atoms. The first-order valence-electron chi connectivity index (χ1n) is 7.69. The lowest BCUT2D eigenvalue weighted by molar-refractivity contribution is -0.120. The zero-order valence-electron chi connectivity index (χ0n) is 13.3. The Morgan fingerprint density at radius 2 is 2.12 bits per heavy atom. The number of hydrogen-bond acceptors (Lipinski definition) is 5. The highest BCUT2D eigenvalue weighted by molar-refractivity contribution is 5.92. The summed E-state index contributed by atoms with van der Waals surface area (Å²) in [5.74, 6) is 1.45. The second kappa shape index (κ2) is 9.66. The molecule has 1 saturated heterocycles. The van der Waals surface area contributed by atoms with Gasteiger partial charge in [-0.2, -0.15) is 0 Å². The Balaban J connectivity index is 0.00000144. The number of halogens is 2. The molecule has 9 heteroatoms. The first-order valence-corrected chi connectivity index (χ1v) is 7.69. The highest BCUT2D eigenvalue weighted by atomic mass is 35.5. The van der Waals surface area contributed by atoms with Crippen molar-refractivity contribution in [1.82, 2.24) is 15.6 Å². The van der Waals surface area contributed by atoms with E-state index in [1.807, 2.05) is 17.0 Å². The Hall–Kier alpha value is -1.57. The molecule has 3 rings (SSSR count). The van der Waals surface area contributed by atoms with Crippen LogP contribution in [0.1, 0.15) is 12.8 Å². The predicted octanol–water partition coefficient (Wildman–Crippen LogP) is 0.799. The average Bonchev–Trinajstić information content (AvgIpc) is 3.32. The third-order valence-corrected chi connectivity index (χ3v) is 3.81. The van der Waals surface area contributed by atoms with Gasteiger partial charge in [0.25, 0.3) is 0 Å². The molecule has 2 heterocycles. The lowest BCUT2D eigenvalue weighted by atomic mass is 10.3. The summed E-state index contributed by atoms with van der Waals surface area (Å²) in [6, 6.07) is 3.64. The van der Waals surface area contributed by atoms with E-state index in [1.165, 1.54) is 12.8 Å². The zero-order chi connectivity index (χ0) is 15.4. The van der Waals surface area contributed by atoms with Gasteiger partial charge in [-0.15, -0.1) is 24.8 Å². The standard InChI is InChI=1S/C15H21N5O2.2ClH/c21-14(9-16-7-11-1-2-11)19-12-3-4-13(18-8-12)20-6-5-17-15(22)10-20;;/h3-4,8,11,16H,1-2,5-7,9-10H2,(H,17,22)(H,19,21);2*1H. The fourth-order valence-electron chi connectivity index (χ4n) is 2.40. The van der Waals surface area contributed by atoms with Gasteiger partial charge in [0, 0.05) is 13.1 Å². The highest BCUT2D eigenvalue weighted by Crippen LogP contribution is 2.27. The second-order valence-corrected chi connectivity index (χ2v) is 5.80. The predicted molar refractivity (Wildman–Crippen MR) is 98.2 cm³/mol. The van der Waals surface area contributed by atoms with Crippen LogP contribution >= 0.6 is 24.8 Å². The summed E-state index contributed by atoms with van der Waals surface area (Å²) >= 11 is 0. The molecular formula is C15H23Cl2N5O2. The first kappa shape index (κ1) is 20.5. The van der Waals surface area contributed by atoms with Gasteiger partial charge in [0.1, 0.15) is 5.82 Å². The van der Waals surface area contributed by atoms with Gasteiger partial charge >= 0.3 is 0 Å². The molecule has 0 spiro atoms. The summed E-state index contributed by atoms with van der Waals surface area (Å²) in [7, 11) is 0. The van der Waals surface area contributed by atoms with E-state index in [0.717, 1.165) is 24.8 Å². The van der Waals surface area contributed by atoms with E-state index in [-0.39, 0.29) is 36.6 Å². The van der Waals surface area contributed by atoms with Gasteiger partial charge in [-0.25, -0.2) is 4.98 Å². The summed E-state index contributed by atoms with van der Waals surface area (Å²) in [5, 5.41) is 8.74. The van der Waals surface area contributed by atoms with Gasteiger partial charge in [0.15, 0.2) is 0 Å². The van der Waals surface area contributed by atoms with Crippen LogP contribution in [0.3, 0.4) is 0 Å². The van der Waals surface area contributed by atoms with Crippen LogP contribution in [0.25, 0.3) is 0 Å². The molecule has 0 atom stereocenters. The fourth-order valence-corrected chi connectivity index (χ4v) is 2.40. The van der Waals surface area contributed by atoms with E-state index in [0.29, 0.717) is 25.3 Å². The minimum atomic E-state index is -0.0625. The number of anilines is 2. The van der Waals surface area contributed by atoms with Gasteiger partial charge in [-0.1, -0.05) is 0 Å². The SMILES string of the molecule is Cl.Cl.O=C1CN(c2ccc(NC(=O)CNCC3CC3)cn2)CCN1. The third kappa shape index (κ3) is 6.14. The van der Waals surface area contributed by atoms with E-state index in [4.69, 9.17) is 0 Å². The number of nitrogens with one attached hydrogen (secondary N) is 3. The zero-order valence-corrected chi connectivity index (χ0v) is 14.9. The maximum atomic E-state index is 11.8. The Morgan fingerprint density at radius 3 is 2.75 bits per heavy atom. The Morgan fingerprint density at radius 1 is 1.33 bits per heavy atom. The van der Waals surface area contributed by atoms with Crippen molar-refractivity contribution in [2.24, 2.45) is 5.92 Å². The number of rotatable bonds is 6. The first-order chi connectivity index (χ1) is 10.7. The van der Waals surface area contributed by atoms with Crippen molar-refractivity contribution in [1.29, 1.82) is 0 Å². The van der Waals surface area contributed by atoms with Gasteiger partial charge < -0.3 is 20.9 Å². The maximum Gasteiger partial charge on any atom is 0.239 e. The monoisotopic (exact) mass is 375 g/mol. The van der Waals surface area contributed by atoms with Crippen molar-refractivity contribution in [2.75, 3.05) is 42.9 Å². The second-order valence-electron chi connectivity index (χ2n) is 5.80. The highest BCUT2D eigenvalue weighted by Gasteiger charge is 2.20. The van der Waals surface area contributed by atoms with E-state index in [9.17, 15) is 9.59 Å². The molecule has 2 amide bonds.